The van der Waals surface area contributed by atoms with Crippen LogP contribution in [0.4, 0.5) is 23.4 Å². The second-order valence-corrected chi connectivity index (χ2v) is 10.5. The van der Waals surface area contributed by atoms with Gasteiger partial charge >= 0.3 is 6.18 Å². The van der Waals surface area contributed by atoms with Crippen molar-refractivity contribution in [3.63, 3.8) is 0 Å². The van der Waals surface area contributed by atoms with Crippen molar-refractivity contribution < 1.29 is 27.1 Å². The number of anilines is 1. The number of carbonyl (C=O) groups excluding carboxylic acids is 1. The number of benzene rings is 3. The van der Waals surface area contributed by atoms with Crippen LogP contribution in [0.5, 0.6) is 5.75 Å². The maximum atomic E-state index is 14.0. The fourth-order valence-electron chi connectivity index (χ4n) is 5.18. The lowest BCUT2D eigenvalue weighted by atomic mass is 10.1. The van der Waals surface area contributed by atoms with Crippen molar-refractivity contribution in [2.24, 2.45) is 0 Å². The van der Waals surface area contributed by atoms with Gasteiger partial charge < -0.3 is 15.0 Å². The first kappa shape index (κ1) is 32.1. The quantitative estimate of drug-likeness (QED) is 0.172. The molecule has 5 rings (SSSR count). The summed E-state index contributed by atoms with van der Waals surface area (Å²) in [5.41, 5.74) is -0.479. The number of hydrogen-bond acceptors (Lipinski definition) is 6. The molecule has 0 spiro atoms. The van der Waals surface area contributed by atoms with Gasteiger partial charge in [-0.25, -0.2) is 14.4 Å². The van der Waals surface area contributed by atoms with Crippen LogP contribution in [0, 0.1) is 5.82 Å². The fraction of sp³-hybridized carbons (Fsp3) is 0.235. The zero-order valence-electron chi connectivity index (χ0n) is 25.3. The van der Waals surface area contributed by atoms with Gasteiger partial charge in [-0.05, 0) is 80.1 Å². The van der Waals surface area contributed by atoms with Crippen molar-refractivity contribution in [1.82, 2.24) is 19.4 Å². The molecule has 0 fully saturated rings. The predicted octanol–water partition coefficient (Wildman–Crippen LogP) is 6.71. The highest BCUT2D eigenvalue weighted by atomic mass is 19.4. The Morgan fingerprint density at radius 2 is 1.74 bits per heavy atom. The van der Waals surface area contributed by atoms with Crippen LogP contribution in [0.3, 0.4) is 0 Å². The Balaban J connectivity index is 1.63. The molecule has 1 N–H and O–H groups in total. The number of fused-ring (bicyclic) bond motifs is 1. The minimum Gasteiger partial charge on any atom is -0.494 e. The van der Waals surface area contributed by atoms with E-state index in [1.165, 1.54) is 9.47 Å². The second kappa shape index (κ2) is 13.4. The van der Waals surface area contributed by atoms with Gasteiger partial charge in [0.25, 0.3) is 5.56 Å². The number of para-hydroxylation sites is 1. The van der Waals surface area contributed by atoms with E-state index in [1.54, 1.807) is 80.7 Å². The molecule has 0 radical (unpaired) electrons. The fourth-order valence-corrected chi connectivity index (χ4v) is 5.18. The summed E-state index contributed by atoms with van der Waals surface area (Å²) in [7, 11) is 1.69. The van der Waals surface area contributed by atoms with Crippen molar-refractivity contribution in [2.75, 3.05) is 19.0 Å². The highest BCUT2D eigenvalue weighted by Gasteiger charge is 2.35. The molecule has 2 aromatic heterocycles. The van der Waals surface area contributed by atoms with Gasteiger partial charge in [-0.1, -0.05) is 24.3 Å². The van der Waals surface area contributed by atoms with Gasteiger partial charge in [0.15, 0.2) is 0 Å². The van der Waals surface area contributed by atoms with Gasteiger partial charge in [-0.3, -0.25) is 14.2 Å². The highest BCUT2D eigenvalue weighted by molar-refractivity contribution is 5.80. The minimum absolute atomic E-state index is 0.0248. The third kappa shape index (κ3) is 6.85. The third-order valence-electron chi connectivity index (χ3n) is 7.46. The van der Waals surface area contributed by atoms with Crippen LogP contribution in [-0.4, -0.2) is 39.0 Å². The molecule has 8 nitrogen and oxygen atoms in total. The van der Waals surface area contributed by atoms with Gasteiger partial charge in [0.2, 0.25) is 5.91 Å². The molecule has 0 aliphatic rings. The summed E-state index contributed by atoms with van der Waals surface area (Å²) in [4.78, 5) is 38.7. The number of rotatable bonds is 10. The van der Waals surface area contributed by atoms with Crippen LogP contribution >= 0.6 is 0 Å². The van der Waals surface area contributed by atoms with Crippen LogP contribution in [0.25, 0.3) is 16.6 Å². The standard InChI is InChI=1S/C34H31F4N5O3/c1-4-46-25-15-13-24(14-16-25)43-32(41-29-10-6-5-9-26(29)33(43)45)21(2)42(20-23-8-7-11-30(39-3)40-23)31(44)19-22-12-17-28(35)27(18-22)34(36,37)38/h5-18,21H,4,19-20H2,1-3H3,(H,39,40)/t21-/m1/s1. The predicted molar refractivity (Wildman–Crippen MR) is 166 cm³/mol. The van der Waals surface area contributed by atoms with Crippen molar-refractivity contribution >= 4 is 22.6 Å². The summed E-state index contributed by atoms with van der Waals surface area (Å²) in [6.45, 7) is 3.94. The Bertz CT molecular complexity index is 1930. The maximum Gasteiger partial charge on any atom is 0.419 e. The molecular formula is C34H31F4N5O3. The number of halogens is 4. The van der Waals surface area contributed by atoms with E-state index >= 15 is 0 Å². The Hall–Kier alpha value is -5.26. The van der Waals surface area contributed by atoms with Gasteiger partial charge in [-0.2, -0.15) is 13.2 Å². The lowest BCUT2D eigenvalue weighted by Crippen LogP contribution is -2.38. The molecule has 0 unspecified atom stereocenters. The normalized spacial score (nSPS) is 12.2. The molecular weight excluding hydrogens is 602 g/mol. The average molecular weight is 634 g/mol. The van der Waals surface area contributed by atoms with Crippen LogP contribution in [-0.2, 0) is 23.9 Å². The number of ether oxygens (including phenoxy) is 1. The Morgan fingerprint density at radius 3 is 2.43 bits per heavy atom. The molecule has 3 aromatic carbocycles. The van der Waals surface area contributed by atoms with Crippen molar-refractivity contribution in [1.29, 1.82) is 0 Å². The SMILES string of the molecule is CCOc1ccc(-n2c([C@@H](C)N(Cc3cccc(NC)n3)C(=O)Cc3ccc(F)c(C(F)(F)F)c3)nc3ccccc3c2=O)cc1. The van der Waals surface area contributed by atoms with Crippen LogP contribution < -0.4 is 15.6 Å². The zero-order chi connectivity index (χ0) is 33.0. The highest BCUT2D eigenvalue weighted by Crippen LogP contribution is 2.33. The number of hydrogen-bond donors (Lipinski definition) is 1. The molecule has 1 amide bonds. The van der Waals surface area contributed by atoms with E-state index < -0.39 is 35.9 Å². The first-order chi connectivity index (χ1) is 22.0. The molecule has 5 aromatic rings. The van der Waals surface area contributed by atoms with Crippen molar-refractivity contribution in [3.8, 4) is 11.4 Å². The Morgan fingerprint density at radius 1 is 1.00 bits per heavy atom. The Kier molecular flexibility index (Phi) is 9.36. The lowest BCUT2D eigenvalue weighted by molar-refractivity contribution is -0.140. The van der Waals surface area contributed by atoms with Gasteiger partial charge in [0, 0.05) is 7.05 Å². The molecule has 0 aliphatic carbocycles. The van der Waals surface area contributed by atoms with E-state index in [0.29, 0.717) is 52.6 Å². The van der Waals surface area contributed by atoms with E-state index in [1.807, 2.05) is 6.92 Å². The molecule has 0 bridgehead atoms. The van der Waals surface area contributed by atoms with E-state index in [-0.39, 0.29) is 23.5 Å². The summed E-state index contributed by atoms with van der Waals surface area (Å²) >= 11 is 0. The largest absolute Gasteiger partial charge is 0.494 e. The number of amides is 1. The molecule has 238 valence electrons. The summed E-state index contributed by atoms with van der Waals surface area (Å²) < 4.78 is 61.4. The van der Waals surface area contributed by atoms with Crippen LogP contribution in [0.1, 0.15) is 42.5 Å². The van der Waals surface area contributed by atoms with E-state index in [9.17, 15) is 27.2 Å². The first-order valence-corrected chi connectivity index (χ1v) is 14.5. The maximum absolute atomic E-state index is 14.0. The number of aromatic nitrogens is 3. The molecule has 0 aliphatic heterocycles. The molecule has 0 saturated carbocycles. The molecule has 12 heteroatoms. The second-order valence-electron chi connectivity index (χ2n) is 10.5. The van der Waals surface area contributed by atoms with Gasteiger partial charge in [0.05, 0.1) is 53.5 Å². The number of nitrogens with zero attached hydrogens (tertiary/aromatic N) is 4. The van der Waals surface area contributed by atoms with Gasteiger partial charge in [0.1, 0.15) is 23.2 Å². The van der Waals surface area contributed by atoms with E-state index in [2.05, 4.69) is 10.3 Å². The zero-order valence-corrected chi connectivity index (χ0v) is 25.3. The molecule has 0 saturated heterocycles. The van der Waals surface area contributed by atoms with Gasteiger partial charge in [-0.15, -0.1) is 0 Å². The lowest BCUT2D eigenvalue weighted by Gasteiger charge is -2.31. The monoisotopic (exact) mass is 633 g/mol. The molecule has 2 heterocycles. The average Bonchev–Trinajstić information content (AvgIpc) is 3.04. The van der Waals surface area contributed by atoms with Crippen molar-refractivity contribution in [2.45, 2.75) is 39.0 Å². The smallest absolute Gasteiger partial charge is 0.419 e. The summed E-state index contributed by atoms with van der Waals surface area (Å²) in [5, 5.41) is 3.30. The van der Waals surface area contributed by atoms with E-state index in [4.69, 9.17) is 9.72 Å². The topological polar surface area (TPSA) is 89.3 Å². The summed E-state index contributed by atoms with van der Waals surface area (Å²) in [6, 6.07) is 20.5. The van der Waals surface area contributed by atoms with E-state index in [0.717, 1.165) is 6.07 Å². The molecule has 46 heavy (non-hydrogen) atoms. The first-order valence-electron chi connectivity index (χ1n) is 14.5. The number of carbonyl (C=O) groups is 1. The number of nitrogens with one attached hydrogen (secondary N) is 1. The Labute approximate surface area is 262 Å². The van der Waals surface area contributed by atoms with Crippen LogP contribution in [0.2, 0.25) is 0 Å². The third-order valence-corrected chi connectivity index (χ3v) is 7.46. The van der Waals surface area contributed by atoms with Crippen LogP contribution in [0.15, 0.2) is 89.7 Å². The number of alkyl halides is 3. The number of pyridine rings is 1. The van der Waals surface area contributed by atoms with Crippen molar-refractivity contribution in [3.05, 3.63) is 124 Å². The minimum atomic E-state index is -4.93. The summed E-state index contributed by atoms with van der Waals surface area (Å²) in [6.07, 6.45) is -5.41. The summed E-state index contributed by atoms with van der Waals surface area (Å²) in [5.74, 6) is -0.638. The molecule has 1 atom stereocenters.